The molecule has 0 saturated carbocycles. The van der Waals surface area contributed by atoms with Crippen molar-refractivity contribution in [2.45, 2.75) is 38.2 Å². The lowest BCUT2D eigenvalue weighted by Crippen LogP contribution is -2.34. The van der Waals surface area contributed by atoms with Crippen LogP contribution in [0.2, 0.25) is 0 Å². The Balaban J connectivity index is 0.00000110. The summed E-state index contributed by atoms with van der Waals surface area (Å²) in [7, 11) is 0. The minimum absolute atomic E-state index is 0. The molecule has 0 aliphatic carbocycles. The summed E-state index contributed by atoms with van der Waals surface area (Å²) in [6.07, 6.45) is 10.0. The van der Waals surface area contributed by atoms with Gasteiger partial charge in [-0.3, -0.25) is 0 Å². The number of rotatable bonds is 3. The van der Waals surface area contributed by atoms with Gasteiger partial charge in [0.15, 0.2) is 0 Å². The lowest BCUT2D eigenvalue weighted by molar-refractivity contribution is 0.149. The molecule has 2 fully saturated rings. The average molecular weight is 335 g/mol. The number of nitrogens with one attached hydrogen (secondary N) is 1. The number of aromatic nitrogens is 2. The van der Waals surface area contributed by atoms with Gasteiger partial charge in [0.1, 0.15) is 6.10 Å². The first-order chi connectivity index (χ1) is 9.42. The van der Waals surface area contributed by atoms with Gasteiger partial charge in [0.2, 0.25) is 0 Å². The molecule has 3 rings (SSSR count). The molecule has 2 aliphatic rings. The van der Waals surface area contributed by atoms with Crippen LogP contribution in [-0.4, -0.2) is 42.3 Å². The van der Waals surface area contributed by atoms with Crippen LogP contribution in [0, 0.1) is 0 Å². The number of nitrogens with zero attached hydrogens (tertiary/aromatic N) is 3. The highest BCUT2D eigenvalue weighted by Crippen LogP contribution is 2.19. The van der Waals surface area contributed by atoms with Crippen LogP contribution in [0.3, 0.4) is 0 Å². The van der Waals surface area contributed by atoms with Crippen LogP contribution in [0.4, 0.5) is 5.69 Å². The van der Waals surface area contributed by atoms with E-state index in [4.69, 9.17) is 4.74 Å². The van der Waals surface area contributed by atoms with E-state index < -0.39 is 0 Å². The summed E-state index contributed by atoms with van der Waals surface area (Å²) >= 11 is 0. The van der Waals surface area contributed by atoms with Crippen LogP contribution < -0.4 is 15.0 Å². The van der Waals surface area contributed by atoms with E-state index in [1.54, 1.807) is 0 Å². The van der Waals surface area contributed by atoms with E-state index in [2.05, 4.69) is 20.2 Å². The standard InChI is InChI=1S/C14H22N4O.2ClH/c1-2-8-18(9-3-1)12-10-16-14(17-11-12)19-13-4-6-15-7-5-13;;/h10-11,13,15H,1-9H2;2*1H. The molecule has 120 valence electrons. The maximum atomic E-state index is 5.82. The van der Waals surface area contributed by atoms with Crippen molar-refractivity contribution in [3.63, 3.8) is 0 Å². The zero-order valence-electron chi connectivity index (χ0n) is 12.2. The van der Waals surface area contributed by atoms with E-state index in [9.17, 15) is 0 Å². The molecule has 0 aromatic carbocycles. The Kier molecular flexibility index (Phi) is 8.07. The minimum Gasteiger partial charge on any atom is -0.460 e. The molecule has 2 saturated heterocycles. The van der Waals surface area contributed by atoms with E-state index in [0.717, 1.165) is 44.7 Å². The van der Waals surface area contributed by atoms with E-state index >= 15 is 0 Å². The zero-order valence-corrected chi connectivity index (χ0v) is 13.8. The Labute approximate surface area is 138 Å². The van der Waals surface area contributed by atoms with E-state index in [-0.39, 0.29) is 30.9 Å². The van der Waals surface area contributed by atoms with Crippen LogP contribution in [-0.2, 0) is 0 Å². The molecule has 7 heteroatoms. The SMILES string of the molecule is Cl.Cl.c1nc(OC2CCNCC2)ncc1N1CCCCC1. The Morgan fingerprint density at radius 2 is 1.62 bits per heavy atom. The second-order valence-corrected chi connectivity index (χ2v) is 5.34. The van der Waals surface area contributed by atoms with Gasteiger partial charge in [-0.25, -0.2) is 9.97 Å². The van der Waals surface area contributed by atoms with E-state index in [0.29, 0.717) is 6.01 Å². The van der Waals surface area contributed by atoms with Crippen molar-refractivity contribution in [3.05, 3.63) is 12.4 Å². The molecule has 2 aliphatic heterocycles. The summed E-state index contributed by atoms with van der Waals surface area (Å²) in [4.78, 5) is 11.1. The first kappa shape index (κ1) is 18.3. The normalized spacial score (nSPS) is 19.3. The van der Waals surface area contributed by atoms with Crippen molar-refractivity contribution in [3.8, 4) is 6.01 Å². The molecule has 1 N–H and O–H groups in total. The Morgan fingerprint density at radius 3 is 2.24 bits per heavy atom. The van der Waals surface area contributed by atoms with Gasteiger partial charge < -0.3 is 15.0 Å². The van der Waals surface area contributed by atoms with Gasteiger partial charge in [-0.1, -0.05) is 0 Å². The molecule has 3 heterocycles. The summed E-state index contributed by atoms with van der Waals surface area (Å²) in [6.45, 7) is 4.29. The fourth-order valence-electron chi connectivity index (χ4n) is 2.75. The maximum Gasteiger partial charge on any atom is 0.316 e. The predicted molar refractivity (Wildman–Crippen MR) is 89.1 cm³/mol. The minimum atomic E-state index is 0. The van der Waals surface area contributed by atoms with Crippen LogP contribution in [0.25, 0.3) is 0 Å². The third-order valence-electron chi connectivity index (χ3n) is 3.89. The second-order valence-electron chi connectivity index (χ2n) is 5.34. The molecule has 1 aromatic heterocycles. The van der Waals surface area contributed by atoms with Crippen molar-refractivity contribution in [1.29, 1.82) is 0 Å². The van der Waals surface area contributed by atoms with Gasteiger partial charge >= 0.3 is 6.01 Å². The number of piperidine rings is 2. The number of hydrogen-bond donors (Lipinski definition) is 1. The highest BCUT2D eigenvalue weighted by molar-refractivity contribution is 5.85. The predicted octanol–water partition coefficient (Wildman–Crippen LogP) is 2.44. The first-order valence-corrected chi connectivity index (χ1v) is 7.36. The van der Waals surface area contributed by atoms with Gasteiger partial charge in [0, 0.05) is 13.1 Å². The van der Waals surface area contributed by atoms with Crippen molar-refractivity contribution >= 4 is 30.5 Å². The van der Waals surface area contributed by atoms with Crippen LogP contribution in [0.5, 0.6) is 6.01 Å². The number of ether oxygens (including phenoxy) is 1. The molecule has 0 atom stereocenters. The zero-order chi connectivity index (χ0) is 12.9. The molecule has 0 unspecified atom stereocenters. The summed E-state index contributed by atoms with van der Waals surface area (Å²) in [5.74, 6) is 0. The largest absolute Gasteiger partial charge is 0.460 e. The summed E-state index contributed by atoms with van der Waals surface area (Å²) in [6, 6.07) is 0.521. The number of halogens is 2. The fraction of sp³-hybridized carbons (Fsp3) is 0.714. The fourth-order valence-corrected chi connectivity index (χ4v) is 2.75. The lowest BCUT2D eigenvalue weighted by atomic mass is 10.1. The molecule has 1 aromatic rings. The van der Waals surface area contributed by atoms with Crippen molar-refractivity contribution < 1.29 is 4.74 Å². The van der Waals surface area contributed by atoms with Gasteiger partial charge in [-0.05, 0) is 45.2 Å². The summed E-state index contributed by atoms with van der Waals surface area (Å²) in [5.41, 5.74) is 1.12. The average Bonchev–Trinajstić information content (AvgIpc) is 2.50. The number of anilines is 1. The molecule has 0 amide bonds. The molecular formula is C14H24Cl2N4O. The Bertz CT molecular complexity index is 392. The van der Waals surface area contributed by atoms with Gasteiger partial charge in [0.25, 0.3) is 0 Å². The Hall–Kier alpha value is -0.780. The van der Waals surface area contributed by atoms with Crippen molar-refractivity contribution in [2.24, 2.45) is 0 Å². The van der Waals surface area contributed by atoms with Crippen LogP contribution in [0.1, 0.15) is 32.1 Å². The molecule has 5 nitrogen and oxygen atoms in total. The quantitative estimate of drug-likeness (QED) is 0.919. The van der Waals surface area contributed by atoms with E-state index in [1.165, 1.54) is 19.3 Å². The van der Waals surface area contributed by atoms with Gasteiger partial charge in [0.05, 0.1) is 18.1 Å². The van der Waals surface area contributed by atoms with Gasteiger partial charge in [-0.15, -0.1) is 24.8 Å². The smallest absolute Gasteiger partial charge is 0.316 e. The highest BCUT2D eigenvalue weighted by atomic mass is 35.5. The Morgan fingerprint density at radius 1 is 1.00 bits per heavy atom. The number of hydrogen-bond acceptors (Lipinski definition) is 5. The molecule has 0 bridgehead atoms. The highest BCUT2D eigenvalue weighted by Gasteiger charge is 2.16. The summed E-state index contributed by atoms with van der Waals surface area (Å²) < 4.78 is 5.82. The maximum absolute atomic E-state index is 5.82. The van der Waals surface area contributed by atoms with E-state index in [1.807, 2.05) is 12.4 Å². The van der Waals surface area contributed by atoms with Crippen LogP contribution in [0.15, 0.2) is 12.4 Å². The summed E-state index contributed by atoms with van der Waals surface area (Å²) in [5, 5.41) is 3.33. The van der Waals surface area contributed by atoms with Gasteiger partial charge in [-0.2, -0.15) is 0 Å². The lowest BCUT2D eigenvalue weighted by Gasteiger charge is -2.28. The first-order valence-electron chi connectivity index (χ1n) is 7.36. The van der Waals surface area contributed by atoms with Crippen molar-refractivity contribution in [1.82, 2.24) is 15.3 Å². The second kappa shape index (κ2) is 9.28. The topological polar surface area (TPSA) is 50.3 Å². The monoisotopic (exact) mass is 334 g/mol. The molecular weight excluding hydrogens is 311 g/mol. The van der Waals surface area contributed by atoms with Crippen LogP contribution >= 0.6 is 24.8 Å². The van der Waals surface area contributed by atoms with Crippen molar-refractivity contribution in [2.75, 3.05) is 31.1 Å². The molecule has 21 heavy (non-hydrogen) atoms. The molecule has 0 spiro atoms. The molecule has 0 radical (unpaired) electrons. The third kappa shape index (κ3) is 5.16. The third-order valence-corrected chi connectivity index (χ3v) is 3.89.